The highest BCUT2D eigenvalue weighted by Gasteiger charge is 2.14. The molecule has 1 saturated heterocycles. The van der Waals surface area contributed by atoms with Crippen molar-refractivity contribution in [2.75, 3.05) is 19.7 Å². The minimum absolute atomic E-state index is 0.00292. The Kier molecular flexibility index (Phi) is 5.11. The van der Waals surface area contributed by atoms with E-state index in [1.54, 1.807) is 12.4 Å². The molecule has 2 heterocycles. The monoisotopic (exact) mass is 249 g/mol. The van der Waals surface area contributed by atoms with Gasteiger partial charge in [0.2, 0.25) is 5.91 Å². The van der Waals surface area contributed by atoms with Gasteiger partial charge in [0.15, 0.2) is 0 Å². The van der Waals surface area contributed by atoms with Gasteiger partial charge in [-0.15, -0.1) is 0 Å². The van der Waals surface area contributed by atoms with Gasteiger partial charge in [-0.2, -0.15) is 0 Å². The third-order valence-corrected chi connectivity index (χ3v) is 2.89. The molecule has 1 aliphatic rings. The number of aromatic nitrogens is 1. The number of ether oxygens (including phenoxy) is 1. The Morgan fingerprint density at radius 1 is 1.56 bits per heavy atom. The summed E-state index contributed by atoms with van der Waals surface area (Å²) in [6.45, 7) is 2.45. The van der Waals surface area contributed by atoms with Gasteiger partial charge < -0.3 is 15.4 Å². The van der Waals surface area contributed by atoms with Crippen LogP contribution in [-0.4, -0.2) is 36.7 Å². The summed E-state index contributed by atoms with van der Waals surface area (Å²) in [5.74, 6) is -0.00292. The van der Waals surface area contributed by atoms with E-state index in [4.69, 9.17) is 4.74 Å². The van der Waals surface area contributed by atoms with Crippen LogP contribution in [0, 0.1) is 0 Å². The van der Waals surface area contributed by atoms with Crippen molar-refractivity contribution >= 4 is 5.91 Å². The van der Waals surface area contributed by atoms with Crippen LogP contribution in [0.15, 0.2) is 24.5 Å². The number of pyridine rings is 1. The highest BCUT2D eigenvalue weighted by Crippen LogP contribution is 2.10. The molecule has 0 radical (unpaired) electrons. The normalized spacial score (nSPS) is 18.8. The number of hydrogen-bond donors (Lipinski definition) is 2. The largest absolute Gasteiger partial charge is 0.377 e. The van der Waals surface area contributed by atoms with Gasteiger partial charge in [0.1, 0.15) is 0 Å². The maximum atomic E-state index is 11.6. The number of nitrogens with zero attached hydrogens (tertiary/aromatic N) is 1. The molecule has 1 amide bonds. The highest BCUT2D eigenvalue weighted by molar-refractivity contribution is 5.77. The van der Waals surface area contributed by atoms with Crippen LogP contribution < -0.4 is 10.6 Å². The Hall–Kier alpha value is -1.46. The van der Waals surface area contributed by atoms with Gasteiger partial charge in [0.05, 0.1) is 12.6 Å². The van der Waals surface area contributed by atoms with Gasteiger partial charge in [-0.3, -0.25) is 9.78 Å². The van der Waals surface area contributed by atoms with Crippen molar-refractivity contribution in [2.45, 2.75) is 25.5 Å². The van der Waals surface area contributed by atoms with Crippen molar-refractivity contribution in [1.29, 1.82) is 0 Å². The summed E-state index contributed by atoms with van der Waals surface area (Å²) in [6.07, 6.45) is 5.95. The van der Waals surface area contributed by atoms with Gasteiger partial charge in [0.25, 0.3) is 0 Å². The second kappa shape index (κ2) is 7.08. The topological polar surface area (TPSA) is 63.2 Å². The number of carbonyl (C=O) groups excluding carboxylic acids is 1. The number of hydrogen-bond acceptors (Lipinski definition) is 4. The Bertz CT molecular complexity index is 364. The third-order valence-electron chi connectivity index (χ3n) is 2.89. The summed E-state index contributed by atoms with van der Waals surface area (Å²) in [4.78, 5) is 15.5. The van der Waals surface area contributed by atoms with E-state index in [1.807, 2.05) is 12.1 Å². The van der Waals surface area contributed by atoms with Gasteiger partial charge >= 0.3 is 0 Å². The smallest absolute Gasteiger partial charge is 0.234 e. The van der Waals surface area contributed by atoms with Crippen LogP contribution in [0.2, 0.25) is 0 Å². The predicted octanol–water partition coefficient (Wildman–Crippen LogP) is 0.466. The average molecular weight is 249 g/mol. The molecule has 1 unspecified atom stereocenters. The summed E-state index contributed by atoms with van der Waals surface area (Å²) in [5, 5.41) is 5.95. The van der Waals surface area contributed by atoms with Gasteiger partial charge in [-0.1, -0.05) is 6.07 Å². The molecule has 2 rings (SSSR count). The van der Waals surface area contributed by atoms with Crippen LogP contribution in [0.3, 0.4) is 0 Å². The van der Waals surface area contributed by atoms with Crippen molar-refractivity contribution in [3.05, 3.63) is 30.1 Å². The summed E-state index contributed by atoms with van der Waals surface area (Å²) >= 11 is 0. The van der Waals surface area contributed by atoms with Crippen LogP contribution in [0.25, 0.3) is 0 Å². The molecule has 0 aliphatic carbocycles. The lowest BCUT2D eigenvalue weighted by atomic mass is 10.2. The molecule has 5 heteroatoms. The van der Waals surface area contributed by atoms with Gasteiger partial charge in [0, 0.05) is 32.1 Å². The first-order chi connectivity index (χ1) is 8.84. The van der Waals surface area contributed by atoms with Crippen LogP contribution in [0.4, 0.5) is 0 Å². The van der Waals surface area contributed by atoms with Crippen LogP contribution in [0.1, 0.15) is 18.4 Å². The second-order valence-electron chi connectivity index (χ2n) is 4.40. The highest BCUT2D eigenvalue weighted by atomic mass is 16.5. The van der Waals surface area contributed by atoms with E-state index >= 15 is 0 Å². The first kappa shape index (κ1) is 13.0. The molecule has 1 aromatic heterocycles. The number of rotatable bonds is 6. The molecule has 1 aliphatic heterocycles. The third kappa shape index (κ3) is 4.43. The SMILES string of the molecule is O=C(CNCC1CCCO1)NCc1cccnc1. The molecule has 1 atom stereocenters. The quantitative estimate of drug-likeness (QED) is 0.769. The number of nitrogens with one attached hydrogen (secondary N) is 2. The lowest BCUT2D eigenvalue weighted by Crippen LogP contribution is -2.36. The molecule has 0 aromatic carbocycles. The van der Waals surface area contributed by atoms with E-state index in [0.717, 1.165) is 31.6 Å². The summed E-state index contributed by atoms with van der Waals surface area (Å²) in [6, 6.07) is 3.80. The lowest BCUT2D eigenvalue weighted by molar-refractivity contribution is -0.120. The molecule has 0 saturated carbocycles. The predicted molar refractivity (Wildman–Crippen MR) is 67.9 cm³/mol. The summed E-state index contributed by atoms with van der Waals surface area (Å²) < 4.78 is 5.46. The van der Waals surface area contributed by atoms with Crippen molar-refractivity contribution in [1.82, 2.24) is 15.6 Å². The van der Waals surface area contributed by atoms with E-state index < -0.39 is 0 Å². The van der Waals surface area contributed by atoms with Crippen molar-refractivity contribution < 1.29 is 9.53 Å². The first-order valence-electron chi connectivity index (χ1n) is 6.32. The second-order valence-corrected chi connectivity index (χ2v) is 4.40. The molecule has 2 N–H and O–H groups in total. The fourth-order valence-electron chi connectivity index (χ4n) is 1.92. The minimum Gasteiger partial charge on any atom is -0.377 e. The van der Waals surface area contributed by atoms with Crippen molar-refractivity contribution in [2.24, 2.45) is 0 Å². The maximum absolute atomic E-state index is 11.6. The molecular formula is C13H19N3O2. The summed E-state index contributed by atoms with van der Waals surface area (Å²) in [7, 11) is 0. The Labute approximate surface area is 107 Å². The fourth-order valence-corrected chi connectivity index (χ4v) is 1.92. The lowest BCUT2D eigenvalue weighted by Gasteiger charge is -2.10. The Balaban J connectivity index is 1.57. The molecular weight excluding hydrogens is 230 g/mol. The molecule has 5 nitrogen and oxygen atoms in total. The zero-order valence-corrected chi connectivity index (χ0v) is 10.4. The minimum atomic E-state index is -0.00292. The van der Waals surface area contributed by atoms with E-state index in [1.165, 1.54) is 0 Å². The molecule has 18 heavy (non-hydrogen) atoms. The molecule has 1 fully saturated rings. The van der Waals surface area contributed by atoms with Gasteiger partial charge in [-0.05, 0) is 24.5 Å². The zero-order valence-electron chi connectivity index (χ0n) is 10.4. The Morgan fingerprint density at radius 2 is 2.50 bits per heavy atom. The van der Waals surface area contributed by atoms with Crippen LogP contribution >= 0.6 is 0 Å². The number of amides is 1. The maximum Gasteiger partial charge on any atom is 0.234 e. The van der Waals surface area contributed by atoms with E-state index in [9.17, 15) is 4.79 Å². The fraction of sp³-hybridized carbons (Fsp3) is 0.538. The molecule has 0 spiro atoms. The molecule has 0 bridgehead atoms. The van der Waals surface area contributed by atoms with Crippen LogP contribution in [-0.2, 0) is 16.1 Å². The van der Waals surface area contributed by atoms with E-state index in [0.29, 0.717) is 13.1 Å². The van der Waals surface area contributed by atoms with Crippen molar-refractivity contribution in [3.8, 4) is 0 Å². The zero-order chi connectivity index (χ0) is 12.6. The van der Waals surface area contributed by atoms with Crippen LogP contribution in [0.5, 0.6) is 0 Å². The standard InChI is InChI=1S/C13H19N3O2/c17-13(10-15-9-12-4-2-6-18-12)16-8-11-3-1-5-14-7-11/h1,3,5,7,12,15H,2,4,6,8-10H2,(H,16,17). The molecule has 1 aromatic rings. The van der Waals surface area contributed by atoms with Crippen molar-refractivity contribution in [3.63, 3.8) is 0 Å². The molecule has 98 valence electrons. The Morgan fingerprint density at radius 3 is 3.22 bits per heavy atom. The first-order valence-corrected chi connectivity index (χ1v) is 6.32. The number of carbonyl (C=O) groups is 1. The average Bonchev–Trinajstić information content (AvgIpc) is 2.91. The van der Waals surface area contributed by atoms with E-state index in [2.05, 4.69) is 15.6 Å². The van der Waals surface area contributed by atoms with E-state index in [-0.39, 0.29) is 12.0 Å². The van der Waals surface area contributed by atoms with Gasteiger partial charge in [-0.25, -0.2) is 0 Å². The summed E-state index contributed by atoms with van der Waals surface area (Å²) in [5.41, 5.74) is 1.00.